The van der Waals surface area contributed by atoms with Crippen molar-refractivity contribution in [2.75, 3.05) is 18.8 Å². The van der Waals surface area contributed by atoms with Crippen molar-refractivity contribution in [2.24, 2.45) is 5.73 Å². The van der Waals surface area contributed by atoms with Crippen LogP contribution in [0.3, 0.4) is 0 Å². The molecule has 1 aromatic heterocycles. The summed E-state index contributed by atoms with van der Waals surface area (Å²) in [6.45, 7) is 2.38. The fraction of sp³-hybridized carbons (Fsp3) is 0.364. The number of carbonyl (C=O) groups is 2. The quantitative estimate of drug-likeness (QED) is 0.719. The second kappa shape index (κ2) is 7.03. The Bertz CT molecular complexity index is 392. The summed E-state index contributed by atoms with van der Waals surface area (Å²) in [5.41, 5.74) is 5.77. The highest BCUT2D eigenvalue weighted by molar-refractivity contribution is 7.99. The minimum atomic E-state index is -0.189. The van der Waals surface area contributed by atoms with Crippen LogP contribution >= 0.6 is 11.8 Å². The first kappa shape index (κ1) is 13.7. The van der Waals surface area contributed by atoms with E-state index in [1.807, 2.05) is 0 Å². The molecule has 0 aliphatic heterocycles. The first-order chi connectivity index (χ1) is 8.13. The second-order valence-corrected chi connectivity index (χ2v) is 4.42. The van der Waals surface area contributed by atoms with Gasteiger partial charge in [-0.3, -0.25) is 9.59 Å². The number of nitrogens with zero attached hydrogens (tertiary/aromatic N) is 1. The summed E-state index contributed by atoms with van der Waals surface area (Å²) >= 11 is 1.35. The molecule has 1 rings (SSSR count). The van der Waals surface area contributed by atoms with Crippen LogP contribution in [-0.4, -0.2) is 35.5 Å². The topological polar surface area (TPSA) is 85.1 Å². The number of amides is 1. The van der Waals surface area contributed by atoms with Crippen LogP contribution in [0, 0.1) is 0 Å². The molecule has 0 aliphatic carbocycles. The van der Waals surface area contributed by atoms with E-state index in [4.69, 9.17) is 5.73 Å². The number of Topliss-reactive ketones (excluding diaryl/α,β-unsaturated/α-hetero) is 1. The first-order valence-corrected chi connectivity index (χ1v) is 6.18. The summed E-state index contributed by atoms with van der Waals surface area (Å²) in [5, 5.41) is 3.39. The van der Waals surface area contributed by atoms with Gasteiger partial charge < -0.3 is 11.1 Å². The molecule has 0 saturated carbocycles. The van der Waals surface area contributed by atoms with Gasteiger partial charge >= 0.3 is 0 Å². The Morgan fingerprint density at radius 2 is 2.24 bits per heavy atom. The van der Waals surface area contributed by atoms with E-state index in [-0.39, 0.29) is 11.7 Å². The SMILES string of the molecule is CC(=O)CSc1ccc(C(=O)NCCN)cn1. The highest BCUT2D eigenvalue weighted by atomic mass is 32.2. The van der Waals surface area contributed by atoms with Gasteiger partial charge in [-0.2, -0.15) is 0 Å². The maximum Gasteiger partial charge on any atom is 0.252 e. The third-order valence-corrected chi connectivity index (χ3v) is 2.94. The summed E-state index contributed by atoms with van der Waals surface area (Å²) in [7, 11) is 0. The molecule has 3 N–H and O–H groups in total. The van der Waals surface area contributed by atoms with E-state index in [1.165, 1.54) is 24.9 Å². The van der Waals surface area contributed by atoms with Gasteiger partial charge in [0, 0.05) is 19.3 Å². The smallest absolute Gasteiger partial charge is 0.252 e. The average Bonchev–Trinajstić information content (AvgIpc) is 2.34. The molecule has 0 spiro atoms. The zero-order chi connectivity index (χ0) is 12.7. The van der Waals surface area contributed by atoms with Gasteiger partial charge in [-0.15, -0.1) is 0 Å². The average molecular weight is 253 g/mol. The number of rotatable bonds is 6. The third kappa shape index (κ3) is 4.97. The van der Waals surface area contributed by atoms with Crippen LogP contribution in [-0.2, 0) is 4.79 Å². The lowest BCUT2D eigenvalue weighted by molar-refractivity contribution is -0.114. The number of ketones is 1. The number of pyridine rings is 1. The van der Waals surface area contributed by atoms with Gasteiger partial charge in [-0.25, -0.2) is 4.98 Å². The van der Waals surface area contributed by atoms with Crippen LogP contribution in [0.15, 0.2) is 23.4 Å². The van der Waals surface area contributed by atoms with Crippen molar-refractivity contribution in [3.05, 3.63) is 23.9 Å². The summed E-state index contributed by atoms with van der Waals surface area (Å²) in [5.74, 6) is 0.304. The predicted molar refractivity (Wildman–Crippen MR) is 67.0 cm³/mol. The summed E-state index contributed by atoms with van der Waals surface area (Å²) < 4.78 is 0. The Kier molecular flexibility index (Phi) is 5.65. The van der Waals surface area contributed by atoms with Gasteiger partial charge in [-0.1, -0.05) is 11.8 Å². The second-order valence-electron chi connectivity index (χ2n) is 3.42. The Hall–Kier alpha value is -1.40. The normalized spacial score (nSPS) is 10.0. The Morgan fingerprint density at radius 3 is 2.76 bits per heavy atom. The maximum absolute atomic E-state index is 11.5. The highest BCUT2D eigenvalue weighted by Crippen LogP contribution is 2.14. The van der Waals surface area contributed by atoms with Crippen molar-refractivity contribution >= 4 is 23.5 Å². The van der Waals surface area contributed by atoms with Crippen molar-refractivity contribution < 1.29 is 9.59 Å². The molecule has 0 saturated heterocycles. The standard InChI is InChI=1S/C11H15N3O2S/c1-8(15)7-17-10-3-2-9(6-14-10)11(16)13-5-4-12/h2-3,6H,4-5,7,12H2,1H3,(H,13,16). The minimum absolute atomic E-state index is 0.0987. The molecule has 92 valence electrons. The number of aromatic nitrogens is 1. The largest absolute Gasteiger partial charge is 0.351 e. The maximum atomic E-state index is 11.5. The predicted octanol–water partition coefficient (Wildman–Crippen LogP) is 0.451. The summed E-state index contributed by atoms with van der Waals surface area (Å²) in [6, 6.07) is 3.41. The van der Waals surface area contributed by atoms with Crippen molar-refractivity contribution in [3.63, 3.8) is 0 Å². The molecule has 0 atom stereocenters. The Morgan fingerprint density at radius 1 is 1.47 bits per heavy atom. The van der Waals surface area contributed by atoms with Crippen LogP contribution in [0.1, 0.15) is 17.3 Å². The van der Waals surface area contributed by atoms with E-state index in [2.05, 4.69) is 10.3 Å². The lowest BCUT2D eigenvalue weighted by Gasteiger charge is -2.03. The number of carbonyl (C=O) groups excluding carboxylic acids is 2. The summed E-state index contributed by atoms with van der Waals surface area (Å²) in [6.07, 6.45) is 1.49. The number of nitrogens with two attached hydrogens (primary N) is 1. The monoisotopic (exact) mass is 253 g/mol. The minimum Gasteiger partial charge on any atom is -0.351 e. The molecule has 1 aromatic rings. The van der Waals surface area contributed by atoms with Gasteiger partial charge in [0.2, 0.25) is 0 Å². The Labute approximate surface area is 104 Å². The molecule has 0 unspecified atom stereocenters. The van der Waals surface area contributed by atoms with Crippen LogP contribution in [0.2, 0.25) is 0 Å². The van der Waals surface area contributed by atoms with E-state index < -0.39 is 0 Å². The van der Waals surface area contributed by atoms with Gasteiger partial charge in [0.25, 0.3) is 5.91 Å². The molecule has 5 nitrogen and oxygen atoms in total. The number of hydrogen-bond donors (Lipinski definition) is 2. The zero-order valence-corrected chi connectivity index (χ0v) is 10.4. The van der Waals surface area contributed by atoms with Crippen molar-refractivity contribution in [1.82, 2.24) is 10.3 Å². The van der Waals surface area contributed by atoms with Gasteiger partial charge in [0.1, 0.15) is 5.78 Å². The van der Waals surface area contributed by atoms with Crippen LogP contribution in [0.25, 0.3) is 0 Å². The van der Waals surface area contributed by atoms with Crippen molar-refractivity contribution in [2.45, 2.75) is 11.9 Å². The molecule has 0 bridgehead atoms. The van der Waals surface area contributed by atoms with Crippen LogP contribution in [0.5, 0.6) is 0 Å². The van der Waals surface area contributed by atoms with Crippen molar-refractivity contribution in [1.29, 1.82) is 0 Å². The molecule has 0 aromatic carbocycles. The molecule has 17 heavy (non-hydrogen) atoms. The van der Waals surface area contributed by atoms with E-state index >= 15 is 0 Å². The van der Waals surface area contributed by atoms with Gasteiger partial charge in [0.15, 0.2) is 0 Å². The summed E-state index contributed by atoms with van der Waals surface area (Å²) in [4.78, 5) is 26.4. The molecule has 1 heterocycles. The highest BCUT2D eigenvalue weighted by Gasteiger charge is 2.05. The third-order valence-electron chi connectivity index (χ3n) is 1.85. The lowest BCUT2D eigenvalue weighted by atomic mass is 10.3. The molecule has 0 aliphatic rings. The molecular formula is C11H15N3O2S. The fourth-order valence-corrected chi connectivity index (χ4v) is 1.71. The van der Waals surface area contributed by atoms with Crippen molar-refractivity contribution in [3.8, 4) is 0 Å². The fourth-order valence-electron chi connectivity index (χ4n) is 1.06. The van der Waals surface area contributed by atoms with E-state index in [0.717, 1.165) is 5.03 Å². The molecule has 0 fully saturated rings. The molecule has 6 heteroatoms. The first-order valence-electron chi connectivity index (χ1n) is 5.20. The van der Waals surface area contributed by atoms with Crippen LogP contribution < -0.4 is 11.1 Å². The lowest BCUT2D eigenvalue weighted by Crippen LogP contribution is -2.29. The molecular weight excluding hydrogens is 238 g/mol. The number of nitrogens with one attached hydrogen (secondary N) is 1. The van der Waals surface area contributed by atoms with E-state index in [9.17, 15) is 9.59 Å². The van der Waals surface area contributed by atoms with Crippen LogP contribution in [0.4, 0.5) is 0 Å². The van der Waals surface area contributed by atoms with E-state index in [1.54, 1.807) is 12.1 Å². The van der Waals surface area contributed by atoms with Gasteiger partial charge in [0.05, 0.1) is 16.3 Å². The van der Waals surface area contributed by atoms with E-state index in [0.29, 0.717) is 24.4 Å². The number of thioether (sulfide) groups is 1. The Balaban J connectivity index is 2.55. The number of hydrogen-bond acceptors (Lipinski definition) is 5. The zero-order valence-electron chi connectivity index (χ0n) is 9.60. The van der Waals surface area contributed by atoms with Gasteiger partial charge in [-0.05, 0) is 19.1 Å². The molecule has 1 amide bonds. The molecule has 0 radical (unpaired) electrons.